The molecule has 6 nitrogen and oxygen atoms in total. The van der Waals surface area contributed by atoms with E-state index < -0.39 is 0 Å². The van der Waals surface area contributed by atoms with Crippen molar-refractivity contribution in [2.45, 2.75) is 12.5 Å². The van der Waals surface area contributed by atoms with E-state index in [1.54, 1.807) is 7.11 Å². The van der Waals surface area contributed by atoms with Gasteiger partial charge in [0.2, 0.25) is 5.91 Å². The van der Waals surface area contributed by atoms with E-state index in [-0.39, 0.29) is 36.3 Å². The zero-order valence-corrected chi connectivity index (χ0v) is 13.9. The van der Waals surface area contributed by atoms with E-state index in [9.17, 15) is 9.90 Å². The lowest BCUT2D eigenvalue weighted by atomic mass is 9.95. The number of benzene rings is 1. The number of aliphatic hydroxyl groups excluding tert-OH is 1. The van der Waals surface area contributed by atoms with Gasteiger partial charge in [-0.15, -0.1) is 12.4 Å². The fourth-order valence-electron chi connectivity index (χ4n) is 2.97. The number of methoxy groups -OCH3 is 1. The second-order valence-corrected chi connectivity index (χ2v) is 5.92. The van der Waals surface area contributed by atoms with Crippen LogP contribution in [0.15, 0.2) is 18.2 Å². The van der Waals surface area contributed by atoms with Gasteiger partial charge in [0.15, 0.2) is 0 Å². The van der Waals surface area contributed by atoms with Crippen LogP contribution in [-0.4, -0.2) is 50.5 Å². The Morgan fingerprint density at radius 3 is 3.00 bits per heavy atom. The van der Waals surface area contributed by atoms with Crippen LogP contribution in [0.4, 0.5) is 0 Å². The molecule has 1 fully saturated rings. The fraction of sp³-hybridized carbons (Fsp3) is 0.562. The van der Waals surface area contributed by atoms with Gasteiger partial charge in [-0.25, -0.2) is 0 Å². The van der Waals surface area contributed by atoms with Crippen LogP contribution in [0.2, 0.25) is 0 Å². The zero-order valence-electron chi connectivity index (χ0n) is 13.1. The molecule has 0 saturated carbocycles. The number of carbonyl (C=O) groups excluding carboxylic acids is 1. The minimum absolute atomic E-state index is 0. The van der Waals surface area contributed by atoms with Gasteiger partial charge in [-0.2, -0.15) is 0 Å². The Kier molecular flexibility index (Phi) is 6.10. The lowest BCUT2D eigenvalue weighted by Crippen LogP contribution is -2.41. The summed E-state index contributed by atoms with van der Waals surface area (Å²) in [7, 11) is 1.62. The maximum absolute atomic E-state index is 12.3. The molecule has 3 atom stereocenters. The van der Waals surface area contributed by atoms with E-state index in [0.717, 1.165) is 23.6 Å². The van der Waals surface area contributed by atoms with E-state index in [1.807, 2.05) is 18.2 Å². The van der Waals surface area contributed by atoms with Crippen LogP contribution in [0.5, 0.6) is 11.5 Å². The molecule has 0 aliphatic carbocycles. The second kappa shape index (κ2) is 7.86. The van der Waals surface area contributed by atoms with Crippen LogP contribution in [-0.2, 0) is 11.2 Å². The van der Waals surface area contributed by atoms with Crippen molar-refractivity contribution in [2.24, 2.45) is 11.8 Å². The number of β-amino-alcohol motifs (C(OH)–C–C–N with tert-alkyl or cyclic N) is 1. The number of rotatable bonds is 4. The maximum atomic E-state index is 12.3. The molecule has 1 saturated heterocycles. The van der Waals surface area contributed by atoms with Gasteiger partial charge in [-0.3, -0.25) is 4.79 Å². The number of hydrogen-bond donors (Lipinski definition) is 3. The predicted molar refractivity (Wildman–Crippen MR) is 88.3 cm³/mol. The van der Waals surface area contributed by atoms with E-state index >= 15 is 0 Å². The SMILES string of the molecule is COc1ccc2c(c1)CC(C(=O)NCC1CNCC1O)CO2.Cl. The molecule has 1 amide bonds. The van der Waals surface area contributed by atoms with Crippen molar-refractivity contribution in [3.8, 4) is 11.5 Å². The van der Waals surface area contributed by atoms with Gasteiger partial charge >= 0.3 is 0 Å². The number of carbonyl (C=O) groups is 1. The van der Waals surface area contributed by atoms with Gasteiger partial charge in [-0.05, 0) is 30.2 Å². The van der Waals surface area contributed by atoms with Gasteiger partial charge in [-0.1, -0.05) is 0 Å². The van der Waals surface area contributed by atoms with E-state index in [0.29, 0.717) is 26.1 Å². The van der Waals surface area contributed by atoms with Gasteiger partial charge in [0.25, 0.3) is 0 Å². The lowest BCUT2D eigenvalue weighted by molar-refractivity contribution is -0.126. The summed E-state index contributed by atoms with van der Waals surface area (Å²) in [5, 5.41) is 15.8. The molecule has 0 aromatic heterocycles. The standard InChI is InChI=1S/C16H22N2O4.ClH/c1-21-13-2-3-15-10(5-13)4-11(9-22-15)16(20)18-7-12-6-17-8-14(12)19;/h2-3,5,11-12,14,17,19H,4,6-9H2,1H3,(H,18,20);1H. The summed E-state index contributed by atoms with van der Waals surface area (Å²) in [6, 6.07) is 5.65. The normalized spacial score (nSPS) is 25.7. The average Bonchev–Trinajstić information content (AvgIpc) is 2.96. The van der Waals surface area contributed by atoms with Crippen LogP contribution < -0.4 is 20.1 Å². The van der Waals surface area contributed by atoms with Crippen molar-refractivity contribution in [3.63, 3.8) is 0 Å². The van der Waals surface area contributed by atoms with Gasteiger partial charge in [0, 0.05) is 25.6 Å². The number of ether oxygens (including phenoxy) is 2. The highest BCUT2D eigenvalue weighted by Gasteiger charge is 2.29. The molecule has 23 heavy (non-hydrogen) atoms. The molecule has 7 heteroatoms. The third-order valence-electron chi connectivity index (χ3n) is 4.39. The monoisotopic (exact) mass is 342 g/mol. The Labute approximate surface area is 142 Å². The summed E-state index contributed by atoms with van der Waals surface area (Å²) in [5.41, 5.74) is 0.994. The summed E-state index contributed by atoms with van der Waals surface area (Å²) >= 11 is 0. The highest BCUT2D eigenvalue weighted by molar-refractivity contribution is 5.85. The number of fused-ring (bicyclic) bond motifs is 1. The molecule has 1 aromatic rings. The molecule has 3 unspecified atom stereocenters. The third kappa shape index (κ3) is 4.07. The number of amides is 1. The predicted octanol–water partition coefficient (Wildman–Crippen LogP) is 0.365. The minimum Gasteiger partial charge on any atom is -0.497 e. The first-order chi connectivity index (χ1) is 10.7. The maximum Gasteiger partial charge on any atom is 0.226 e. The topological polar surface area (TPSA) is 79.8 Å². The van der Waals surface area contributed by atoms with Crippen molar-refractivity contribution in [3.05, 3.63) is 23.8 Å². The molecule has 3 rings (SSSR count). The van der Waals surface area contributed by atoms with Gasteiger partial charge in [0.1, 0.15) is 18.1 Å². The van der Waals surface area contributed by atoms with Crippen LogP contribution in [0.3, 0.4) is 0 Å². The second-order valence-electron chi connectivity index (χ2n) is 5.92. The van der Waals surface area contributed by atoms with Crippen molar-refractivity contribution >= 4 is 18.3 Å². The smallest absolute Gasteiger partial charge is 0.226 e. The summed E-state index contributed by atoms with van der Waals surface area (Å²) < 4.78 is 10.9. The first kappa shape index (κ1) is 17.8. The Balaban J connectivity index is 0.00000192. The van der Waals surface area contributed by atoms with E-state index in [2.05, 4.69) is 10.6 Å². The summed E-state index contributed by atoms with van der Waals surface area (Å²) in [6.45, 7) is 2.22. The first-order valence-corrected chi connectivity index (χ1v) is 7.63. The molecule has 0 radical (unpaired) electrons. The number of hydrogen-bond acceptors (Lipinski definition) is 5. The zero-order chi connectivity index (χ0) is 15.5. The molecule has 2 aliphatic rings. The highest BCUT2D eigenvalue weighted by Crippen LogP contribution is 2.30. The first-order valence-electron chi connectivity index (χ1n) is 7.63. The van der Waals surface area contributed by atoms with Crippen molar-refractivity contribution in [1.29, 1.82) is 0 Å². The molecule has 2 aliphatic heterocycles. The van der Waals surface area contributed by atoms with Gasteiger partial charge < -0.3 is 25.2 Å². The van der Waals surface area contributed by atoms with Crippen molar-refractivity contribution in [2.75, 3.05) is 33.4 Å². The van der Waals surface area contributed by atoms with Crippen molar-refractivity contribution in [1.82, 2.24) is 10.6 Å². The molecule has 128 valence electrons. The molecule has 2 heterocycles. The molecule has 1 aromatic carbocycles. The number of aliphatic hydroxyl groups is 1. The highest BCUT2D eigenvalue weighted by atomic mass is 35.5. The van der Waals surface area contributed by atoms with Crippen LogP contribution in [0.1, 0.15) is 5.56 Å². The quantitative estimate of drug-likeness (QED) is 0.736. The molecular weight excluding hydrogens is 320 g/mol. The fourth-order valence-corrected chi connectivity index (χ4v) is 2.97. The third-order valence-corrected chi connectivity index (χ3v) is 4.39. The largest absolute Gasteiger partial charge is 0.497 e. The van der Waals surface area contributed by atoms with E-state index in [1.165, 1.54) is 0 Å². The average molecular weight is 343 g/mol. The Hall–Kier alpha value is -1.50. The Morgan fingerprint density at radius 1 is 1.48 bits per heavy atom. The molecule has 3 N–H and O–H groups in total. The van der Waals surface area contributed by atoms with E-state index in [4.69, 9.17) is 9.47 Å². The summed E-state index contributed by atoms with van der Waals surface area (Å²) in [5.74, 6) is 1.45. The van der Waals surface area contributed by atoms with Crippen LogP contribution >= 0.6 is 12.4 Å². The van der Waals surface area contributed by atoms with Crippen LogP contribution in [0.25, 0.3) is 0 Å². The molecular formula is C16H23ClN2O4. The minimum atomic E-state index is -0.382. The Morgan fingerprint density at radius 2 is 2.30 bits per heavy atom. The summed E-state index contributed by atoms with van der Waals surface area (Å²) in [4.78, 5) is 12.3. The lowest BCUT2D eigenvalue weighted by Gasteiger charge is -2.25. The molecule has 0 spiro atoms. The van der Waals surface area contributed by atoms with Crippen LogP contribution in [0, 0.1) is 11.8 Å². The number of halogens is 1. The molecule has 0 bridgehead atoms. The number of nitrogens with one attached hydrogen (secondary N) is 2. The summed E-state index contributed by atoms with van der Waals surface area (Å²) in [6.07, 6.45) is 0.261. The van der Waals surface area contributed by atoms with Crippen molar-refractivity contribution < 1.29 is 19.4 Å². The van der Waals surface area contributed by atoms with Gasteiger partial charge in [0.05, 0.1) is 19.1 Å². The Bertz CT molecular complexity index is 555.